The summed E-state index contributed by atoms with van der Waals surface area (Å²) in [6, 6.07) is 6.28. The fourth-order valence-electron chi connectivity index (χ4n) is 1.98. The van der Waals surface area contributed by atoms with E-state index in [0.29, 0.717) is 6.54 Å². The standard InChI is InChI=1S/C13H19N3/c1-3-4-5-13-15-11-8-10(9-14)6-7-12(11)16(13)2/h6-8H,3-5,9,14H2,1-2H3. The van der Waals surface area contributed by atoms with E-state index < -0.39 is 0 Å². The average molecular weight is 217 g/mol. The van der Waals surface area contributed by atoms with Gasteiger partial charge in [0.05, 0.1) is 11.0 Å². The number of unbranched alkanes of at least 4 members (excludes halogenated alkanes) is 1. The second-order valence-electron chi connectivity index (χ2n) is 4.22. The predicted molar refractivity (Wildman–Crippen MR) is 67.2 cm³/mol. The van der Waals surface area contributed by atoms with Crippen molar-refractivity contribution in [3.63, 3.8) is 0 Å². The molecule has 0 radical (unpaired) electrons. The van der Waals surface area contributed by atoms with Gasteiger partial charge in [-0.2, -0.15) is 0 Å². The lowest BCUT2D eigenvalue weighted by Gasteiger charge is -2.00. The van der Waals surface area contributed by atoms with Crippen LogP contribution in [-0.4, -0.2) is 9.55 Å². The average Bonchev–Trinajstić information content (AvgIpc) is 2.63. The fourth-order valence-corrected chi connectivity index (χ4v) is 1.98. The molecule has 0 aliphatic heterocycles. The summed E-state index contributed by atoms with van der Waals surface area (Å²) < 4.78 is 2.19. The quantitative estimate of drug-likeness (QED) is 0.854. The molecule has 0 amide bonds. The number of aryl methyl sites for hydroxylation is 2. The molecule has 1 aromatic heterocycles. The molecule has 0 saturated carbocycles. The summed E-state index contributed by atoms with van der Waals surface area (Å²) in [7, 11) is 2.09. The second-order valence-corrected chi connectivity index (χ2v) is 4.22. The summed E-state index contributed by atoms with van der Waals surface area (Å²) in [5, 5.41) is 0. The fraction of sp³-hybridized carbons (Fsp3) is 0.462. The highest BCUT2D eigenvalue weighted by Crippen LogP contribution is 2.17. The van der Waals surface area contributed by atoms with Crippen LogP contribution in [0.5, 0.6) is 0 Å². The Balaban J connectivity index is 2.41. The van der Waals surface area contributed by atoms with Crippen molar-refractivity contribution in [1.82, 2.24) is 9.55 Å². The Hall–Kier alpha value is -1.35. The first-order valence-corrected chi connectivity index (χ1v) is 5.90. The third kappa shape index (κ3) is 1.95. The number of hydrogen-bond acceptors (Lipinski definition) is 2. The number of fused-ring (bicyclic) bond motifs is 1. The Morgan fingerprint density at radius 3 is 2.88 bits per heavy atom. The van der Waals surface area contributed by atoms with Crippen molar-refractivity contribution in [1.29, 1.82) is 0 Å². The highest BCUT2D eigenvalue weighted by atomic mass is 15.1. The monoisotopic (exact) mass is 217 g/mol. The topological polar surface area (TPSA) is 43.8 Å². The number of aromatic nitrogens is 2. The molecule has 16 heavy (non-hydrogen) atoms. The van der Waals surface area contributed by atoms with E-state index in [1.165, 1.54) is 24.2 Å². The Morgan fingerprint density at radius 1 is 1.38 bits per heavy atom. The van der Waals surface area contributed by atoms with Gasteiger partial charge in [0.1, 0.15) is 5.82 Å². The van der Waals surface area contributed by atoms with E-state index >= 15 is 0 Å². The third-order valence-corrected chi connectivity index (χ3v) is 3.03. The lowest BCUT2D eigenvalue weighted by molar-refractivity contribution is 0.720. The summed E-state index contributed by atoms with van der Waals surface area (Å²) in [5.41, 5.74) is 9.04. The lowest BCUT2D eigenvalue weighted by Crippen LogP contribution is -1.97. The summed E-state index contributed by atoms with van der Waals surface area (Å²) >= 11 is 0. The summed E-state index contributed by atoms with van der Waals surface area (Å²) in [5.74, 6) is 1.17. The molecule has 2 aromatic rings. The van der Waals surface area contributed by atoms with Gasteiger partial charge in [0.2, 0.25) is 0 Å². The molecule has 0 fully saturated rings. The van der Waals surface area contributed by atoms with Gasteiger partial charge in [-0.05, 0) is 24.1 Å². The molecule has 0 atom stereocenters. The zero-order chi connectivity index (χ0) is 11.5. The van der Waals surface area contributed by atoms with Crippen molar-refractivity contribution in [2.45, 2.75) is 32.7 Å². The van der Waals surface area contributed by atoms with Crippen LogP contribution in [0.25, 0.3) is 11.0 Å². The number of hydrogen-bond donors (Lipinski definition) is 1. The first-order valence-electron chi connectivity index (χ1n) is 5.90. The van der Waals surface area contributed by atoms with Crippen LogP contribution in [0.4, 0.5) is 0 Å². The van der Waals surface area contributed by atoms with Crippen LogP contribution in [-0.2, 0) is 20.0 Å². The van der Waals surface area contributed by atoms with Crippen LogP contribution in [0, 0.1) is 0 Å². The van der Waals surface area contributed by atoms with Gasteiger partial charge in [-0.15, -0.1) is 0 Å². The minimum absolute atomic E-state index is 0.580. The molecule has 0 saturated heterocycles. The lowest BCUT2D eigenvalue weighted by atomic mass is 10.2. The van der Waals surface area contributed by atoms with Crippen molar-refractivity contribution in [2.24, 2.45) is 12.8 Å². The van der Waals surface area contributed by atoms with Crippen LogP contribution >= 0.6 is 0 Å². The van der Waals surface area contributed by atoms with Gasteiger partial charge < -0.3 is 10.3 Å². The van der Waals surface area contributed by atoms with E-state index in [0.717, 1.165) is 17.5 Å². The van der Waals surface area contributed by atoms with Crippen molar-refractivity contribution in [3.05, 3.63) is 29.6 Å². The number of rotatable bonds is 4. The zero-order valence-corrected chi connectivity index (χ0v) is 10.0. The molecule has 0 unspecified atom stereocenters. The number of nitrogens with zero attached hydrogens (tertiary/aromatic N) is 2. The molecular formula is C13H19N3. The van der Waals surface area contributed by atoms with E-state index in [9.17, 15) is 0 Å². The summed E-state index contributed by atoms with van der Waals surface area (Å²) in [6.07, 6.45) is 3.46. The van der Waals surface area contributed by atoms with Gasteiger partial charge in [0.25, 0.3) is 0 Å². The molecule has 3 nitrogen and oxygen atoms in total. The molecular weight excluding hydrogens is 198 g/mol. The van der Waals surface area contributed by atoms with E-state index in [1.807, 2.05) is 0 Å². The molecule has 1 aromatic carbocycles. The Morgan fingerprint density at radius 2 is 2.19 bits per heavy atom. The van der Waals surface area contributed by atoms with Gasteiger partial charge in [0, 0.05) is 20.0 Å². The first kappa shape index (κ1) is 11.1. The van der Waals surface area contributed by atoms with Gasteiger partial charge >= 0.3 is 0 Å². The second kappa shape index (κ2) is 4.66. The Labute approximate surface area is 96.3 Å². The predicted octanol–water partition coefficient (Wildman–Crippen LogP) is 2.37. The molecule has 1 heterocycles. The van der Waals surface area contributed by atoms with Crippen LogP contribution in [0.15, 0.2) is 18.2 Å². The van der Waals surface area contributed by atoms with Crippen LogP contribution in [0.1, 0.15) is 31.2 Å². The minimum Gasteiger partial charge on any atom is -0.331 e. The molecule has 3 heteroatoms. The minimum atomic E-state index is 0.580. The molecule has 86 valence electrons. The molecule has 2 N–H and O–H groups in total. The van der Waals surface area contributed by atoms with Crippen LogP contribution < -0.4 is 5.73 Å². The van der Waals surface area contributed by atoms with E-state index in [4.69, 9.17) is 5.73 Å². The molecule has 0 spiro atoms. The Kier molecular flexibility index (Phi) is 3.25. The van der Waals surface area contributed by atoms with E-state index in [-0.39, 0.29) is 0 Å². The summed E-state index contributed by atoms with van der Waals surface area (Å²) in [6.45, 7) is 2.78. The Bertz CT molecular complexity index is 485. The first-order chi connectivity index (χ1) is 7.76. The van der Waals surface area contributed by atoms with Crippen LogP contribution in [0.3, 0.4) is 0 Å². The van der Waals surface area contributed by atoms with Crippen molar-refractivity contribution < 1.29 is 0 Å². The smallest absolute Gasteiger partial charge is 0.109 e. The van der Waals surface area contributed by atoms with Crippen molar-refractivity contribution in [2.75, 3.05) is 0 Å². The molecule has 0 bridgehead atoms. The zero-order valence-electron chi connectivity index (χ0n) is 10.0. The normalized spacial score (nSPS) is 11.2. The third-order valence-electron chi connectivity index (χ3n) is 3.03. The summed E-state index contributed by atoms with van der Waals surface area (Å²) in [4.78, 5) is 4.67. The maximum absolute atomic E-state index is 5.63. The number of imidazole rings is 1. The maximum atomic E-state index is 5.63. The highest BCUT2D eigenvalue weighted by Gasteiger charge is 2.07. The van der Waals surface area contributed by atoms with Crippen molar-refractivity contribution in [3.8, 4) is 0 Å². The highest BCUT2D eigenvalue weighted by molar-refractivity contribution is 5.76. The van der Waals surface area contributed by atoms with E-state index in [2.05, 4.69) is 41.7 Å². The largest absolute Gasteiger partial charge is 0.331 e. The van der Waals surface area contributed by atoms with Crippen molar-refractivity contribution >= 4 is 11.0 Å². The molecule has 2 rings (SSSR count). The van der Waals surface area contributed by atoms with Crippen LogP contribution in [0.2, 0.25) is 0 Å². The molecule has 0 aliphatic carbocycles. The maximum Gasteiger partial charge on any atom is 0.109 e. The SMILES string of the molecule is CCCCc1nc2cc(CN)ccc2n1C. The van der Waals surface area contributed by atoms with Gasteiger partial charge in [-0.3, -0.25) is 0 Å². The number of benzene rings is 1. The molecule has 0 aliphatic rings. The van der Waals surface area contributed by atoms with Gasteiger partial charge in [-0.25, -0.2) is 4.98 Å². The van der Waals surface area contributed by atoms with Gasteiger partial charge in [-0.1, -0.05) is 19.4 Å². The van der Waals surface area contributed by atoms with Gasteiger partial charge in [0.15, 0.2) is 0 Å². The number of nitrogens with two attached hydrogens (primary N) is 1. The van der Waals surface area contributed by atoms with E-state index in [1.54, 1.807) is 0 Å².